The molecule has 0 aromatic heterocycles. The Hall–Kier alpha value is -2.88. The van der Waals surface area contributed by atoms with E-state index in [-0.39, 0.29) is 28.5 Å². The van der Waals surface area contributed by atoms with Gasteiger partial charge in [-0.3, -0.25) is 10.1 Å². The van der Waals surface area contributed by atoms with Gasteiger partial charge in [0.25, 0.3) is 5.88 Å². The Morgan fingerprint density at radius 1 is 1.38 bits per heavy atom. The third-order valence-electron chi connectivity index (χ3n) is 3.69. The fourth-order valence-corrected chi connectivity index (χ4v) is 2.66. The third-order valence-corrected chi connectivity index (χ3v) is 3.69. The number of nitro groups is 1. The van der Waals surface area contributed by atoms with Crippen molar-refractivity contribution < 1.29 is 14.1 Å². The van der Waals surface area contributed by atoms with E-state index in [4.69, 9.17) is 4.74 Å². The molecule has 2 rings (SSSR count). The molecule has 24 heavy (non-hydrogen) atoms. The fraction of sp³-hybridized carbons (Fsp3) is 0.353. The van der Waals surface area contributed by atoms with Crippen LogP contribution < -0.4 is 5.32 Å². The molecule has 1 aliphatic heterocycles. The maximum absolute atomic E-state index is 14.3. The maximum Gasteiger partial charge on any atom is 0.318 e. The normalized spacial score (nSPS) is 18.1. The molecule has 1 atom stereocenters. The largest absolute Gasteiger partial charge is 0.438 e. The number of nitrogens with one attached hydrogen (secondary N) is 1. The van der Waals surface area contributed by atoms with Crippen LogP contribution in [0.1, 0.15) is 32.3 Å². The molecule has 0 fully saturated rings. The van der Waals surface area contributed by atoms with E-state index in [1.165, 1.54) is 25.2 Å². The maximum atomic E-state index is 14.3. The summed E-state index contributed by atoms with van der Waals surface area (Å²) in [6.45, 7) is 5.47. The van der Waals surface area contributed by atoms with Crippen LogP contribution in [-0.4, -0.2) is 12.0 Å². The zero-order valence-corrected chi connectivity index (χ0v) is 13.9. The van der Waals surface area contributed by atoms with Crippen molar-refractivity contribution in [3.63, 3.8) is 0 Å². The van der Waals surface area contributed by atoms with Gasteiger partial charge in [0.1, 0.15) is 17.5 Å². The van der Waals surface area contributed by atoms with Crippen molar-refractivity contribution in [1.29, 1.82) is 5.26 Å². The zero-order chi connectivity index (χ0) is 18.1. The topological polar surface area (TPSA) is 88.2 Å². The highest BCUT2D eigenvalue weighted by molar-refractivity contribution is 5.48. The quantitative estimate of drug-likeness (QED) is 0.677. The van der Waals surface area contributed by atoms with Gasteiger partial charge < -0.3 is 10.1 Å². The lowest BCUT2D eigenvalue weighted by atomic mass is 9.80. The molecule has 0 radical (unpaired) electrons. The Kier molecular flexibility index (Phi) is 4.60. The van der Waals surface area contributed by atoms with Crippen LogP contribution >= 0.6 is 0 Å². The van der Waals surface area contributed by atoms with Crippen molar-refractivity contribution in [2.45, 2.75) is 26.7 Å². The van der Waals surface area contributed by atoms with Gasteiger partial charge >= 0.3 is 5.70 Å². The van der Waals surface area contributed by atoms with Crippen LogP contribution in [0.5, 0.6) is 0 Å². The second kappa shape index (κ2) is 6.32. The molecule has 7 heteroatoms. The summed E-state index contributed by atoms with van der Waals surface area (Å²) in [7, 11) is 1.48. The summed E-state index contributed by atoms with van der Waals surface area (Å²) in [5.41, 5.74) is -0.859. The minimum absolute atomic E-state index is 0.0401. The number of benzene rings is 1. The fourth-order valence-electron chi connectivity index (χ4n) is 2.66. The predicted octanol–water partition coefficient (Wildman–Crippen LogP) is 3.43. The first kappa shape index (κ1) is 17.5. The molecule has 1 aliphatic rings. The highest BCUT2D eigenvalue weighted by Gasteiger charge is 2.44. The van der Waals surface area contributed by atoms with Crippen molar-refractivity contribution in [2.24, 2.45) is 5.41 Å². The number of halogens is 1. The second-order valence-corrected chi connectivity index (χ2v) is 6.38. The minimum Gasteiger partial charge on any atom is -0.438 e. The standard InChI is InChI=1S/C17H18FN3O3/c1-17(2,3)15-11(9-19)13(10-7-5-6-8-12(10)18)14(21(22)23)16(20-4)24-15/h5-8,13,20H,1-4H3. The third kappa shape index (κ3) is 2.95. The summed E-state index contributed by atoms with van der Waals surface area (Å²) in [5, 5.41) is 23.9. The van der Waals surface area contributed by atoms with Crippen molar-refractivity contribution in [2.75, 3.05) is 7.05 Å². The van der Waals surface area contributed by atoms with Crippen LogP contribution in [0.3, 0.4) is 0 Å². The first-order valence-electron chi connectivity index (χ1n) is 7.35. The number of ether oxygens (including phenoxy) is 1. The summed E-state index contributed by atoms with van der Waals surface area (Å²) in [5.74, 6) is -1.55. The summed E-state index contributed by atoms with van der Waals surface area (Å²) in [4.78, 5) is 11.0. The smallest absolute Gasteiger partial charge is 0.318 e. The van der Waals surface area contributed by atoms with Gasteiger partial charge in [-0.15, -0.1) is 0 Å². The molecular weight excluding hydrogens is 313 g/mol. The van der Waals surface area contributed by atoms with E-state index in [0.717, 1.165) is 0 Å². The van der Waals surface area contributed by atoms with Crippen molar-refractivity contribution in [3.05, 3.63) is 68.7 Å². The van der Waals surface area contributed by atoms with Gasteiger partial charge in [0, 0.05) is 18.0 Å². The number of hydrogen-bond acceptors (Lipinski definition) is 5. The summed E-state index contributed by atoms with van der Waals surface area (Å²) in [6, 6.07) is 7.72. The van der Waals surface area contributed by atoms with Gasteiger partial charge in [-0.2, -0.15) is 5.26 Å². The van der Waals surface area contributed by atoms with Crippen molar-refractivity contribution in [3.8, 4) is 6.07 Å². The van der Waals surface area contributed by atoms with Crippen LogP contribution in [0.15, 0.2) is 47.2 Å². The minimum atomic E-state index is -1.14. The van der Waals surface area contributed by atoms with Crippen LogP contribution in [0.25, 0.3) is 0 Å². The molecule has 0 saturated carbocycles. The second-order valence-electron chi connectivity index (χ2n) is 6.38. The Bertz CT molecular complexity index is 785. The number of allylic oxidation sites excluding steroid dienone is 2. The highest BCUT2D eigenvalue weighted by Crippen LogP contribution is 2.45. The van der Waals surface area contributed by atoms with Gasteiger partial charge in [0.15, 0.2) is 0 Å². The Morgan fingerprint density at radius 2 is 2.00 bits per heavy atom. The van der Waals surface area contributed by atoms with Gasteiger partial charge in [0.05, 0.1) is 16.6 Å². The molecule has 1 heterocycles. The van der Waals surface area contributed by atoms with Crippen LogP contribution in [0.2, 0.25) is 0 Å². The molecule has 1 aromatic rings. The molecule has 0 aliphatic carbocycles. The van der Waals surface area contributed by atoms with E-state index in [1.54, 1.807) is 6.07 Å². The first-order valence-corrected chi connectivity index (χ1v) is 7.35. The molecule has 126 valence electrons. The van der Waals surface area contributed by atoms with Gasteiger partial charge in [-0.25, -0.2) is 4.39 Å². The van der Waals surface area contributed by atoms with E-state index >= 15 is 0 Å². The van der Waals surface area contributed by atoms with E-state index in [1.807, 2.05) is 26.8 Å². The van der Waals surface area contributed by atoms with Crippen LogP contribution in [0, 0.1) is 32.7 Å². The van der Waals surface area contributed by atoms with Gasteiger partial charge in [-0.1, -0.05) is 39.0 Å². The number of rotatable bonds is 3. The van der Waals surface area contributed by atoms with Crippen LogP contribution in [-0.2, 0) is 4.74 Å². The molecule has 1 aromatic carbocycles. The molecule has 0 bridgehead atoms. The lowest BCUT2D eigenvalue weighted by molar-refractivity contribution is -0.433. The summed E-state index contributed by atoms with van der Waals surface area (Å²) in [6.07, 6.45) is 0. The zero-order valence-electron chi connectivity index (χ0n) is 13.9. The molecule has 1 unspecified atom stereocenters. The van der Waals surface area contributed by atoms with Gasteiger partial charge in [-0.05, 0) is 6.07 Å². The lowest BCUT2D eigenvalue weighted by Crippen LogP contribution is -2.31. The average molecular weight is 331 g/mol. The first-order chi connectivity index (χ1) is 11.2. The molecule has 1 N–H and O–H groups in total. The molecule has 0 spiro atoms. The van der Waals surface area contributed by atoms with Crippen molar-refractivity contribution in [1.82, 2.24) is 5.32 Å². The van der Waals surface area contributed by atoms with Gasteiger partial charge in [0.2, 0.25) is 0 Å². The Balaban J connectivity index is 2.83. The molecule has 0 saturated heterocycles. The molecule has 0 amide bonds. The van der Waals surface area contributed by atoms with E-state index in [9.17, 15) is 19.8 Å². The SMILES string of the molecule is CNC1=C([N+](=O)[O-])C(c2ccccc2F)C(C#N)=C(C(C)(C)C)O1. The monoisotopic (exact) mass is 331 g/mol. The Labute approximate surface area is 139 Å². The Morgan fingerprint density at radius 3 is 2.46 bits per heavy atom. The number of nitrogens with zero attached hydrogens (tertiary/aromatic N) is 2. The van der Waals surface area contributed by atoms with E-state index in [0.29, 0.717) is 0 Å². The number of hydrogen-bond donors (Lipinski definition) is 1. The van der Waals surface area contributed by atoms with E-state index < -0.39 is 22.1 Å². The highest BCUT2D eigenvalue weighted by atomic mass is 19.1. The average Bonchev–Trinajstić information content (AvgIpc) is 2.52. The summed E-state index contributed by atoms with van der Waals surface area (Å²) >= 11 is 0. The van der Waals surface area contributed by atoms with Crippen molar-refractivity contribution >= 4 is 0 Å². The molecular formula is C17H18FN3O3. The predicted molar refractivity (Wildman–Crippen MR) is 85.4 cm³/mol. The summed E-state index contributed by atoms with van der Waals surface area (Å²) < 4.78 is 20.0. The van der Waals surface area contributed by atoms with E-state index in [2.05, 4.69) is 5.32 Å². The number of nitriles is 1. The van der Waals surface area contributed by atoms with Crippen LogP contribution in [0.4, 0.5) is 4.39 Å². The lowest BCUT2D eigenvalue weighted by Gasteiger charge is -2.31. The molecule has 6 nitrogen and oxygen atoms in total.